The van der Waals surface area contributed by atoms with Crippen LogP contribution in [-0.4, -0.2) is 47.5 Å². The summed E-state index contributed by atoms with van der Waals surface area (Å²) in [6, 6.07) is 0. The van der Waals surface area contributed by atoms with Crippen LogP contribution in [0.3, 0.4) is 0 Å². The highest BCUT2D eigenvalue weighted by Gasteiger charge is 2.18. The number of anilines is 2. The van der Waals surface area contributed by atoms with E-state index in [9.17, 15) is 0 Å². The number of nitrogens with zero attached hydrogens (tertiary/aromatic N) is 4. The average Bonchev–Trinajstić information content (AvgIpc) is 2.74. The lowest BCUT2D eigenvalue weighted by atomic mass is 10.4. The summed E-state index contributed by atoms with van der Waals surface area (Å²) < 4.78 is 1.97. The Morgan fingerprint density at radius 2 is 1.93 bits per heavy atom. The second-order valence-corrected chi connectivity index (χ2v) is 3.98. The Bertz CT molecular complexity index is 317. The van der Waals surface area contributed by atoms with Crippen LogP contribution in [0.2, 0.25) is 0 Å². The van der Waals surface area contributed by atoms with Crippen molar-refractivity contribution in [2.75, 3.05) is 42.9 Å². The van der Waals surface area contributed by atoms with Gasteiger partial charge in [0.25, 0.3) is 0 Å². The van der Waals surface area contributed by atoms with E-state index in [0.717, 1.165) is 57.6 Å². The highest BCUT2D eigenvalue weighted by molar-refractivity contribution is 5.39. The maximum absolute atomic E-state index is 4.52. The van der Waals surface area contributed by atoms with Crippen molar-refractivity contribution in [1.29, 1.82) is 0 Å². The molecule has 3 rings (SSSR count). The molecular formula is C9H16N6. The fraction of sp³-hybridized carbons (Fsp3) is 0.778. The van der Waals surface area contributed by atoms with Crippen LogP contribution in [0.25, 0.3) is 0 Å². The molecule has 3 heterocycles. The molecule has 1 aromatic rings. The molecule has 82 valence electrons. The Kier molecular flexibility index (Phi) is 2.21. The fourth-order valence-corrected chi connectivity index (χ4v) is 2.04. The van der Waals surface area contributed by atoms with Gasteiger partial charge in [-0.1, -0.05) is 0 Å². The molecule has 0 unspecified atom stereocenters. The minimum Gasteiger partial charge on any atom is -0.354 e. The first kappa shape index (κ1) is 8.96. The van der Waals surface area contributed by atoms with Crippen LogP contribution in [0.4, 0.5) is 11.9 Å². The van der Waals surface area contributed by atoms with Gasteiger partial charge in [-0.3, -0.25) is 0 Å². The molecule has 1 fully saturated rings. The van der Waals surface area contributed by atoms with Gasteiger partial charge < -0.3 is 15.5 Å². The summed E-state index contributed by atoms with van der Waals surface area (Å²) in [5.74, 6) is 1.80. The molecule has 0 atom stereocenters. The molecule has 15 heavy (non-hydrogen) atoms. The van der Waals surface area contributed by atoms with Crippen molar-refractivity contribution >= 4 is 11.9 Å². The number of fused-ring (bicyclic) bond motifs is 1. The summed E-state index contributed by atoms with van der Waals surface area (Å²) in [7, 11) is 0. The van der Waals surface area contributed by atoms with Crippen molar-refractivity contribution in [1.82, 2.24) is 20.1 Å². The Hall–Kier alpha value is -1.30. The standard InChI is InChI=1S/C9H16N6/c1-2-11-8-12-9(13-15(8)5-1)14-6-3-10-4-7-14/h10H,1-7H2,(H,11,12,13). The second kappa shape index (κ2) is 3.69. The van der Waals surface area contributed by atoms with E-state index in [-0.39, 0.29) is 0 Å². The minimum absolute atomic E-state index is 0.876. The molecule has 1 saturated heterocycles. The summed E-state index contributed by atoms with van der Waals surface area (Å²) in [5, 5.41) is 11.1. The number of hydrogen-bond donors (Lipinski definition) is 2. The van der Waals surface area contributed by atoms with E-state index < -0.39 is 0 Å². The Morgan fingerprint density at radius 1 is 1.07 bits per heavy atom. The Labute approximate surface area is 88.7 Å². The zero-order valence-corrected chi connectivity index (χ0v) is 8.74. The van der Waals surface area contributed by atoms with Crippen molar-refractivity contribution in [3.8, 4) is 0 Å². The summed E-state index contributed by atoms with van der Waals surface area (Å²) >= 11 is 0. The van der Waals surface area contributed by atoms with Gasteiger partial charge in [-0.05, 0) is 6.42 Å². The summed E-state index contributed by atoms with van der Waals surface area (Å²) in [5.41, 5.74) is 0. The largest absolute Gasteiger partial charge is 0.354 e. The van der Waals surface area contributed by atoms with Crippen LogP contribution in [0.15, 0.2) is 0 Å². The molecule has 1 aromatic heterocycles. The number of nitrogens with one attached hydrogen (secondary N) is 2. The topological polar surface area (TPSA) is 58.0 Å². The van der Waals surface area contributed by atoms with E-state index in [0.29, 0.717) is 0 Å². The van der Waals surface area contributed by atoms with Crippen molar-refractivity contribution in [3.05, 3.63) is 0 Å². The van der Waals surface area contributed by atoms with E-state index in [1.165, 1.54) is 0 Å². The van der Waals surface area contributed by atoms with Gasteiger partial charge in [-0.2, -0.15) is 4.98 Å². The molecule has 0 radical (unpaired) electrons. The van der Waals surface area contributed by atoms with Gasteiger partial charge in [0.1, 0.15) is 0 Å². The molecule has 0 aliphatic carbocycles. The number of aryl methyl sites for hydroxylation is 1. The Balaban J connectivity index is 1.82. The SMILES string of the molecule is C1CNc2nc(N3CCNCC3)nn2C1. The number of piperazine rings is 1. The zero-order valence-electron chi connectivity index (χ0n) is 8.74. The third-order valence-corrected chi connectivity index (χ3v) is 2.89. The van der Waals surface area contributed by atoms with Crippen molar-refractivity contribution in [3.63, 3.8) is 0 Å². The summed E-state index contributed by atoms with van der Waals surface area (Å²) in [6.45, 7) is 6.06. The third kappa shape index (κ3) is 1.65. The number of aromatic nitrogens is 3. The van der Waals surface area contributed by atoms with Gasteiger partial charge in [0, 0.05) is 39.3 Å². The molecule has 0 amide bonds. The van der Waals surface area contributed by atoms with Gasteiger partial charge in [-0.15, -0.1) is 5.10 Å². The van der Waals surface area contributed by atoms with Crippen LogP contribution in [0.1, 0.15) is 6.42 Å². The number of hydrogen-bond acceptors (Lipinski definition) is 5. The normalized spacial score (nSPS) is 20.9. The monoisotopic (exact) mass is 208 g/mol. The van der Waals surface area contributed by atoms with Crippen LogP contribution in [-0.2, 0) is 6.54 Å². The zero-order chi connectivity index (χ0) is 10.1. The molecule has 2 N–H and O–H groups in total. The van der Waals surface area contributed by atoms with Crippen LogP contribution < -0.4 is 15.5 Å². The van der Waals surface area contributed by atoms with E-state index in [1.54, 1.807) is 0 Å². The lowest BCUT2D eigenvalue weighted by Gasteiger charge is -2.25. The Morgan fingerprint density at radius 3 is 2.73 bits per heavy atom. The van der Waals surface area contributed by atoms with Crippen molar-refractivity contribution < 1.29 is 0 Å². The lowest BCUT2D eigenvalue weighted by Crippen LogP contribution is -2.44. The molecule has 0 aromatic carbocycles. The van der Waals surface area contributed by atoms with Crippen LogP contribution >= 0.6 is 0 Å². The van der Waals surface area contributed by atoms with Gasteiger partial charge in [0.05, 0.1) is 0 Å². The highest BCUT2D eigenvalue weighted by atomic mass is 15.5. The third-order valence-electron chi connectivity index (χ3n) is 2.89. The van der Waals surface area contributed by atoms with Gasteiger partial charge in [-0.25, -0.2) is 4.68 Å². The fourth-order valence-electron chi connectivity index (χ4n) is 2.04. The maximum Gasteiger partial charge on any atom is 0.246 e. The van der Waals surface area contributed by atoms with Crippen LogP contribution in [0, 0.1) is 0 Å². The predicted molar refractivity (Wildman–Crippen MR) is 58.2 cm³/mol. The molecule has 6 heteroatoms. The van der Waals surface area contributed by atoms with Crippen molar-refractivity contribution in [2.45, 2.75) is 13.0 Å². The quantitative estimate of drug-likeness (QED) is 0.652. The molecule has 2 aliphatic rings. The first-order chi connectivity index (χ1) is 7.43. The van der Waals surface area contributed by atoms with Crippen molar-refractivity contribution in [2.24, 2.45) is 0 Å². The minimum atomic E-state index is 0.876. The predicted octanol–water partition coefficient (Wildman–Crippen LogP) is -0.497. The first-order valence-electron chi connectivity index (χ1n) is 5.58. The van der Waals surface area contributed by atoms with E-state index in [2.05, 4.69) is 25.6 Å². The molecule has 0 saturated carbocycles. The molecular weight excluding hydrogens is 192 g/mol. The molecule has 0 bridgehead atoms. The smallest absolute Gasteiger partial charge is 0.246 e. The molecule has 2 aliphatic heterocycles. The van der Waals surface area contributed by atoms with E-state index in [4.69, 9.17) is 0 Å². The average molecular weight is 208 g/mol. The lowest BCUT2D eigenvalue weighted by molar-refractivity contribution is 0.552. The summed E-state index contributed by atoms with van der Waals surface area (Å²) in [6.07, 6.45) is 1.14. The second-order valence-electron chi connectivity index (χ2n) is 3.98. The first-order valence-corrected chi connectivity index (χ1v) is 5.58. The maximum atomic E-state index is 4.52. The van der Waals surface area contributed by atoms with Crippen LogP contribution in [0.5, 0.6) is 0 Å². The summed E-state index contributed by atoms with van der Waals surface area (Å²) in [4.78, 5) is 6.75. The molecule has 0 spiro atoms. The number of rotatable bonds is 1. The van der Waals surface area contributed by atoms with E-state index >= 15 is 0 Å². The molecule has 6 nitrogen and oxygen atoms in total. The van der Waals surface area contributed by atoms with Gasteiger partial charge in [0.15, 0.2) is 0 Å². The van der Waals surface area contributed by atoms with Gasteiger partial charge >= 0.3 is 0 Å². The highest BCUT2D eigenvalue weighted by Crippen LogP contribution is 2.16. The van der Waals surface area contributed by atoms with E-state index in [1.807, 2.05) is 4.68 Å². The van der Waals surface area contributed by atoms with Gasteiger partial charge in [0.2, 0.25) is 11.9 Å².